The van der Waals surface area contributed by atoms with Crippen molar-refractivity contribution in [2.24, 2.45) is 0 Å². The number of benzene rings is 2. The fraction of sp³-hybridized carbons (Fsp3) is 0.167. The van der Waals surface area contributed by atoms with Crippen LogP contribution in [0.15, 0.2) is 59.8 Å². The van der Waals surface area contributed by atoms with E-state index in [0.717, 1.165) is 22.6 Å². The van der Waals surface area contributed by atoms with Gasteiger partial charge < -0.3 is 5.11 Å². The molecule has 0 spiro atoms. The summed E-state index contributed by atoms with van der Waals surface area (Å²) in [6.07, 6.45) is 3.71. The highest BCUT2D eigenvalue weighted by molar-refractivity contribution is 7.98. The van der Waals surface area contributed by atoms with E-state index >= 15 is 0 Å². The van der Waals surface area contributed by atoms with E-state index in [-0.39, 0.29) is 0 Å². The second-order valence-corrected chi connectivity index (χ2v) is 6.33. The van der Waals surface area contributed by atoms with Crippen LogP contribution in [-0.2, 0) is 5.75 Å². The number of aromatic hydroxyl groups is 1. The molecule has 1 N–H and O–H groups in total. The van der Waals surface area contributed by atoms with E-state index in [2.05, 4.69) is 29.4 Å². The molecule has 3 rings (SSSR count). The van der Waals surface area contributed by atoms with Crippen LogP contribution >= 0.6 is 11.8 Å². The summed E-state index contributed by atoms with van der Waals surface area (Å²) in [5.74, 6) is 1.27. The highest BCUT2D eigenvalue weighted by Crippen LogP contribution is 2.31. The van der Waals surface area contributed by atoms with Gasteiger partial charge >= 0.3 is 0 Å². The molecule has 0 saturated carbocycles. The van der Waals surface area contributed by atoms with Gasteiger partial charge in [0.05, 0.1) is 5.69 Å². The van der Waals surface area contributed by atoms with Crippen molar-refractivity contribution in [2.75, 3.05) is 0 Å². The van der Waals surface area contributed by atoms with Crippen LogP contribution in [0.25, 0.3) is 5.69 Å². The highest BCUT2D eigenvalue weighted by atomic mass is 32.2. The smallest absolute Gasteiger partial charge is 0.118 e. The van der Waals surface area contributed by atoms with Crippen LogP contribution in [0.1, 0.15) is 16.7 Å². The number of phenols is 1. The van der Waals surface area contributed by atoms with Gasteiger partial charge in [0, 0.05) is 23.0 Å². The van der Waals surface area contributed by atoms with Crippen LogP contribution in [0, 0.1) is 13.8 Å². The largest absolute Gasteiger partial charge is 0.508 e. The normalized spacial score (nSPS) is 10.8. The van der Waals surface area contributed by atoms with Gasteiger partial charge in [-0.25, -0.2) is 4.68 Å². The van der Waals surface area contributed by atoms with Crippen molar-refractivity contribution in [2.45, 2.75) is 24.5 Å². The summed E-state index contributed by atoms with van der Waals surface area (Å²) in [6.45, 7) is 3.96. The predicted molar refractivity (Wildman–Crippen MR) is 90.7 cm³/mol. The van der Waals surface area contributed by atoms with E-state index in [1.54, 1.807) is 18.0 Å². The summed E-state index contributed by atoms with van der Waals surface area (Å²) in [7, 11) is 0. The van der Waals surface area contributed by atoms with Gasteiger partial charge in [-0.15, -0.1) is 11.8 Å². The minimum absolute atomic E-state index is 0.366. The first kappa shape index (κ1) is 14.7. The van der Waals surface area contributed by atoms with Crippen LogP contribution in [-0.4, -0.2) is 14.9 Å². The van der Waals surface area contributed by atoms with Crippen LogP contribution in [0.5, 0.6) is 5.75 Å². The van der Waals surface area contributed by atoms with E-state index < -0.39 is 0 Å². The minimum Gasteiger partial charge on any atom is -0.508 e. The van der Waals surface area contributed by atoms with Gasteiger partial charge in [-0.05, 0) is 60.9 Å². The van der Waals surface area contributed by atoms with E-state index in [9.17, 15) is 5.11 Å². The summed E-state index contributed by atoms with van der Waals surface area (Å²) in [4.78, 5) is 1.21. The van der Waals surface area contributed by atoms with Crippen molar-refractivity contribution in [3.8, 4) is 11.4 Å². The SMILES string of the molecule is Cc1cc(SCc2ccc(-n3cccn3)cc2)c(C)cc1O. The maximum absolute atomic E-state index is 9.71. The van der Waals surface area contributed by atoms with Crippen molar-refractivity contribution in [1.82, 2.24) is 9.78 Å². The fourth-order valence-electron chi connectivity index (χ4n) is 2.26. The lowest BCUT2D eigenvalue weighted by Crippen LogP contribution is -1.94. The van der Waals surface area contributed by atoms with E-state index in [4.69, 9.17) is 0 Å². The van der Waals surface area contributed by atoms with Gasteiger partial charge in [0.1, 0.15) is 5.75 Å². The zero-order valence-electron chi connectivity index (χ0n) is 12.7. The quantitative estimate of drug-likeness (QED) is 0.722. The summed E-state index contributed by atoms with van der Waals surface area (Å²) < 4.78 is 1.85. The Morgan fingerprint density at radius 3 is 2.55 bits per heavy atom. The molecule has 0 unspecified atom stereocenters. The van der Waals surface area contributed by atoms with Crippen molar-refractivity contribution in [1.29, 1.82) is 0 Å². The lowest BCUT2D eigenvalue weighted by Gasteiger charge is -2.09. The molecule has 1 heterocycles. The number of rotatable bonds is 4. The first-order valence-corrected chi connectivity index (χ1v) is 8.14. The Morgan fingerprint density at radius 2 is 1.86 bits per heavy atom. The zero-order valence-corrected chi connectivity index (χ0v) is 13.5. The molecule has 3 nitrogen and oxygen atoms in total. The lowest BCUT2D eigenvalue weighted by molar-refractivity contribution is 0.470. The van der Waals surface area contributed by atoms with Gasteiger partial charge in [-0.2, -0.15) is 5.10 Å². The topological polar surface area (TPSA) is 38.0 Å². The number of thioether (sulfide) groups is 1. The number of hydrogen-bond donors (Lipinski definition) is 1. The molecule has 112 valence electrons. The molecule has 0 amide bonds. The summed E-state index contributed by atoms with van der Waals surface area (Å²) in [6, 6.07) is 14.2. The number of aryl methyl sites for hydroxylation is 2. The van der Waals surface area contributed by atoms with E-state index in [1.807, 2.05) is 42.9 Å². The Balaban J connectivity index is 1.70. The molecule has 3 aromatic rings. The highest BCUT2D eigenvalue weighted by Gasteiger charge is 2.05. The maximum Gasteiger partial charge on any atom is 0.118 e. The number of phenolic OH excluding ortho intramolecular Hbond substituents is 1. The number of hydrogen-bond acceptors (Lipinski definition) is 3. The molecular weight excluding hydrogens is 292 g/mol. The Hall–Kier alpha value is -2.20. The molecular formula is C18H18N2OS. The van der Waals surface area contributed by atoms with Crippen LogP contribution in [0.2, 0.25) is 0 Å². The second kappa shape index (κ2) is 6.28. The third-order valence-corrected chi connectivity index (χ3v) is 4.82. The van der Waals surface area contributed by atoms with E-state index in [0.29, 0.717) is 5.75 Å². The first-order chi connectivity index (χ1) is 10.6. The molecule has 22 heavy (non-hydrogen) atoms. The van der Waals surface area contributed by atoms with Gasteiger partial charge in [0.15, 0.2) is 0 Å². The number of aromatic nitrogens is 2. The van der Waals surface area contributed by atoms with Gasteiger partial charge in [-0.3, -0.25) is 0 Å². The van der Waals surface area contributed by atoms with Crippen molar-refractivity contribution >= 4 is 11.8 Å². The van der Waals surface area contributed by atoms with Gasteiger partial charge in [0.2, 0.25) is 0 Å². The monoisotopic (exact) mass is 310 g/mol. The average molecular weight is 310 g/mol. The van der Waals surface area contributed by atoms with Crippen LogP contribution < -0.4 is 0 Å². The maximum atomic E-state index is 9.71. The van der Waals surface area contributed by atoms with Gasteiger partial charge in [0.25, 0.3) is 0 Å². The number of nitrogens with zero attached hydrogens (tertiary/aromatic N) is 2. The minimum atomic E-state index is 0.366. The third-order valence-electron chi connectivity index (χ3n) is 3.59. The average Bonchev–Trinajstić information content (AvgIpc) is 3.04. The third kappa shape index (κ3) is 3.17. The Morgan fingerprint density at radius 1 is 1.09 bits per heavy atom. The summed E-state index contributed by atoms with van der Waals surface area (Å²) in [5.41, 5.74) is 4.37. The Bertz CT molecular complexity index is 765. The summed E-state index contributed by atoms with van der Waals surface area (Å²) >= 11 is 1.79. The standard InChI is InChI=1S/C18H18N2OS/c1-13-11-18(14(2)10-17(13)21)22-12-15-4-6-16(7-5-15)20-9-3-8-19-20/h3-11,21H,12H2,1-2H3. The molecule has 0 bridgehead atoms. The summed E-state index contributed by atoms with van der Waals surface area (Å²) in [5, 5.41) is 13.9. The fourth-order valence-corrected chi connectivity index (χ4v) is 3.32. The Kier molecular flexibility index (Phi) is 4.20. The molecule has 0 radical (unpaired) electrons. The van der Waals surface area contributed by atoms with E-state index in [1.165, 1.54) is 10.5 Å². The predicted octanol–water partition coefficient (Wildman–Crippen LogP) is 4.49. The molecule has 2 aromatic carbocycles. The molecule has 0 aliphatic rings. The molecule has 0 atom stereocenters. The molecule has 0 aliphatic carbocycles. The first-order valence-electron chi connectivity index (χ1n) is 7.15. The van der Waals surface area contributed by atoms with Crippen LogP contribution in [0.4, 0.5) is 0 Å². The zero-order chi connectivity index (χ0) is 15.5. The van der Waals surface area contributed by atoms with Crippen molar-refractivity contribution in [3.63, 3.8) is 0 Å². The second-order valence-electron chi connectivity index (χ2n) is 5.31. The van der Waals surface area contributed by atoms with Crippen molar-refractivity contribution < 1.29 is 5.11 Å². The Labute approximate surface area is 134 Å². The van der Waals surface area contributed by atoms with Crippen LogP contribution in [0.3, 0.4) is 0 Å². The molecule has 1 aromatic heterocycles. The lowest BCUT2D eigenvalue weighted by atomic mass is 10.1. The molecule has 0 aliphatic heterocycles. The molecule has 4 heteroatoms. The van der Waals surface area contributed by atoms with Crippen molar-refractivity contribution in [3.05, 3.63) is 71.5 Å². The molecule has 0 saturated heterocycles. The van der Waals surface area contributed by atoms with Gasteiger partial charge in [-0.1, -0.05) is 12.1 Å². The molecule has 0 fully saturated rings.